The molecule has 0 aliphatic rings. The van der Waals surface area contributed by atoms with E-state index < -0.39 is 0 Å². The minimum absolute atomic E-state index is 0.591. The van der Waals surface area contributed by atoms with Crippen molar-refractivity contribution < 1.29 is 0 Å². The zero-order chi connectivity index (χ0) is 13.5. The highest BCUT2D eigenvalue weighted by Gasteiger charge is 2.06. The van der Waals surface area contributed by atoms with Crippen LogP contribution in [0.2, 0.25) is 0 Å². The first-order valence-electron chi connectivity index (χ1n) is 7.02. The van der Waals surface area contributed by atoms with Gasteiger partial charge in [-0.1, -0.05) is 13.3 Å². The van der Waals surface area contributed by atoms with Crippen LogP contribution in [0.4, 0.5) is 5.95 Å². The fourth-order valence-corrected chi connectivity index (χ4v) is 1.79. The van der Waals surface area contributed by atoms with Gasteiger partial charge < -0.3 is 14.8 Å². The lowest BCUT2D eigenvalue weighted by molar-refractivity contribution is 0.284. The first kappa shape index (κ1) is 15.0. The molecule has 0 aliphatic heterocycles. The number of hydrogen-bond donors (Lipinski definition) is 1. The highest BCUT2D eigenvalue weighted by Crippen LogP contribution is 2.09. The summed E-state index contributed by atoms with van der Waals surface area (Å²) in [6, 6.07) is 0.591. The maximum Gasteiger partial charge on any atom is 0.203 e. The number of aromatic nitrogens is 2. The molecule has 4 heteroatoms. The van der Waals surface area contributed by atoms with Crippen molar-refractivity contribution in [1.82, 2.24) is 14.5 Å². The summed E-state index contributed by atoms with van der Waals surface area (Å²) in [7, 11) is 2.15. The average Bonchev–Trinajstić information content (AvgIpc) is 2.66. The molecule has 0 aromatic carbocycles. The Kier molecular flexibility index (Phi) is 6.19. The van der Waals surface area contributed by atoms with Crippen LogP contribution in [0.25, 0.3) is 0 Å². The number of likely N-dealkylation sites (N-methyl/N-ethyl adjacent to an activating group) is 1. The van der Waals surface area contributed by atoms with Crippen LogP contribution in [0.3, 0.4) is 0 Å². The molecule has 0 amide bonds. The van der Waals surface area contributed by atoms with Crippen molar-refractivity contribution in [2.45, 2.75) is 53.1 Å². The summed E-state index contributed by atoms with van der Waals surface area (Å²) in [6.07, 6.45) is 4.55. The van der Waals surface area contributed by atoms with Crippen molar-refractivity contribution in [3.05, 3.63) is 11.9 Å². The minimum atomic E-state index is 0.591. The summed E-state index contributed by atoms with van der Waals surface area (Å²) in [5.41, 5.74) is 1.09. The van der Waals surface area contributed by atoms with Gasteiger partial charge in [-0.3, -0.25) is 0 Å². The highest BCUT2D eigenvalue weighted by molar-refractivity contribution is 5.28. The lowest BCUT2D eigenvalue weighted by Crippen LogP contribution is -2.31. The lowest BCUT2D eigenvalue weighted by atomic mass is 10.3. The third-order valence-corrected chi connectivity index (χ3v) is 3.28. The fourth-order valence-electron chi connectivity index (χ4n) is 1.79. The van der Waals surface area contributed by atoms with Crippen molar-refractivity contribution in [2.24, 2.45) is 0 Å². The third kappa shape index (κ3) is 4.69. The van der Waals surface area contributed by atoms with E-state index in [4.69, 9.17) is 0 Å². The average molecular weight is 252 g/mol. The predicted octanol–water partition coefficient (Wildman–Crippen LogP) is 2.74. The van der Waals surface area contributed by atoms with Gasteiger partial charge in [0.15, 0.2) is 0 Å². The molecule has 0 aliphatic carbocycles. The van der Waals surface area contributed by atoms with E-state index in [2.05, 4.69) is 53.8 Å². The van der Waals surface area contributed by atoms with E-state index in [0.717, 1.165) is 31.3 Å². The second-order valence-corrected chi connectivity index (χ2v) is 5.25. The minimum Gasteiger partial charge on any atom is -0.354 e. The van der Waals surface area contributed by atoms with Gasteiger partial charge >= 0.3 is 0 Å². The Bertz CT molecular complexity index is 344. The Morgan fingerprint density at radius 2 is 2.17 bits per heavy atom. The molecule has 0 fully saturated rings. The molecule has 0 bridgehead atoms. The first-order valence-corrected chi connectivity index (χ1v) is 7.02. The number of rotatable bonds is 8. The fraction of sp³-hybridized carbons (Fsp3) is 0.786. The molecule has 18 heavy (non-hydrogen) atoms. The van der Waals surface area contributed by atoms with Gasteiger partial charge in [0.2, 0.25) is 5.95 Å². The molecular weight excluding hydrogens is 224 g/mol. The zero-order valence-corrected chi connectivity index (χ0v) is 12.5. The maximum absolute atomic E-state index is 4.54. The normalized spacial score (nSPS) is 11.5. The van der Waals surface area contributed by atoms with Crippen molar-refractivity contribution in [2.75, 3.05) is 25.5 Å². The number of aryl methyl sites for hydroxylation is 2. The number of imidazole rings is 1. The second-order valence-electron chi connectivity index (χ2n) is 5.25. The highest BCUT2D eigenvalue weighted by atomic mass is 15.2. The number of unbranched alkanes of at least 4 members (excludes halogenated alkanes) is 1. The molecular formula is C14H28N4. The Hall–Kier alpha value is -1.03. The Morgan fingerprint density at radius 3 is 2.78 bits per heavy atom. The van der Waals surface area contributed by atoms with Crippen molar-refractivity contribution in [3.8, 4) is 0 Å². The smallest absolute Gasteiger partial charge is 0.203 e. The van der Waals surface area contributed by atoms with Crippen molar-refractivity contribution in [3.63, 3.8) is 0 Å². The third-order valence-electron chi connectivity index (χ3n) is 3.28. The molecule has 1 rings (SSSR count). The maximum atomic E-state index is 4.54. The molecule has 0 radical (unpaired) electrons. The van der Waals surface area contributed by atoms with Crippen LogP contribution in [0.5, 0.6) is 0 Å². The van der Waals surface area contributed by atoms with Gasteiger partial charge in [0.05, 0.1) is 5.69 Å². The van der Waals surface area contributed by atoms with Crippen LogP contribution >= 0.6 is 0 Å². The van der Waals surface area contributed by atoms with Gasteiger partial charge in [-0.15, -0.1) is 0 Å². The van der Waals surface area contributed by atoms with Crippen molar-refractivity contribution >= 4 is 5.95 Å². The summed E-state index contributed by atoms with van der Waals surface area (Å²) >= 11 is 0. The standard InChI is InChI=1S/C14H28N4/c1-6-7-9-18-11-13(4)16-14(18)15-8-10-17(5)12(2)3/h11-12H,6-10H2,1-5H3,(H,15,16). The van der Waals surface area contributed by atoms with Crippen LogP contribution in [0.15, 0.2) is 6.20 Å². The van der Waals surface area contributed by atoms with Crippen LogP contribution in [0, 0.1) is 6.92 Å². The first-order chi connectivity index (χ1) is 8.54. The van der Waals surface area contributed by atoms with Gasteiger partial charge in [-0.25, -0.2) is 4.98 Å². The molecule has 0 saturated heterocycles. The molecule has 0 atom stereocenters. The van der Waals surface area contributed by atoms with Crippen LogP contribution in [0.1, 0.15) is 39.3 Å². The van der Waals surface area contributed by atoms with Gasteiger partial charge in [0.1, 0.15) is 0 Å². The molecule has 0 saturated carbocycles. The number of hydrogen-bond acceptors (Lipinski definition) is 3. The molecule has 0 unspecified atom stereocenters. The Balaban J connectivity index is 2.45. The molecule has 4 nitrogen and oxygen atoms in total. The Morgan fingerprint density at radius 1 is 1.44 bits per heavy atom. The van der Waals surface area contributed by atoms with E-state index in [1.165, 1.54) is 12.8 Å². The topological polar surface area (TPSA) is 33.1 Å². The lowest BCUT2D eigenvalue weighted by Gasteiger charge is -2.21. The van der Waals surface area contributed by atoms with Gasteiger partial charge in [-0.05, 0) is 34.2 Å². The van der Waals surface area contributed by atoms with Crippen LogP contribution in [-0.2, 0) is 6.54 Å². The number of nitrogens with zero attached hydrogens (tertiary/aromatic N) is 3. The molecule has 1 aromatic rings. The van der Waals surface area contributed by atoms with E-state index in [-0.39, 0.29) is 0 Å². The summed E-state index contributed by atoms with van der Waals surface area (Å²) < 4.78 is 2.23. The monoisotopic (exact) mass is 252 g/mol. The molecule has 0 spiro atoms. The summed E-state index contributed by atoms with van der Waals surface area (Å²) in [4.78, 5) is 6.87. The second kappa shape index (κ2) is 7.41. The molecule has 1 N–H and O–H groups in total. The van der Waals surface area contributed by atoms with E-state index in [9.17, 15) is 0 Å². The van der Waals surface area contributed by atoms with E-state index >= 15 is 0 Å². The van der Waals surface area contributed by atoms with Gasteiger partial charge in [0.25, 0.3) is 0 Å². The number of anilines is 1. The summed E-state index contributed by atoms with van der Waals surface area (Å²) in [6.45, 7) is 11.7. The quantitative estimate of drug-likeness (QED) is 0.772. The SMILES string of the molecule is CCCCn1cc(C)nc1NCCN(C)C(C)C. The zero-order valence-electron chi connectivity index (χ0n) is 12.5. The predicted molar refractivity (Wildman–Crippen MR) is 78.1 cm³/mol. The van der Waals surface area contributed by atoms with Gasteiger partial charge in [0, 0.05) is 31.9 Å². The molecule has 1 aromatic heterocycles. The van der Waals surface area contributed by atoms with E-state index in [0.29, 0.717) is 6.04 Å². The van der Waals surface area contributed by atoms with E-state index in [1.54, 1.807) is 0 Å². The van der Waals surface area contributed by atoms with Crippen molar-refractivity contribution in [1.29, 1.82) is 0 Å². The van der Waals surface area contributed by atoms with Crippen LogP contribution in [-0.4, -0.2) is 40.6 Å². The molecule has 1 heterocycles. The largest absolute Gasteiger partial charge is 0.354 e. The summed E-state index contributed by atoms with van der Waals surface area (Å²) in [5.74, 6) is 1.01. The van der Waals surface area contributed by atoms with E-state index in [1.807, 2.05) is 6.92 Å². The number of nitrogens with one attached hydrogen (secondary N) is 1. The Labute approximate surface area is 111 Å². The van der Waals surface area contributed by atoms with Gasteiger partial charge in [-0.2, -0.15) is 0 Å². The summed E-state index contributed by atoms with van der Waals surface area (Å²) in [5, 5.41) is 3.44. The molecule has 104 valence electrons. The van der Waals surface area contributed by atoms with Crippen LogP contribution < -0.4 is 5.32 Å².